The summed E-state index contributed by atoms with van der Waals surface area (Å²) in [4.78, 5) is 13.7. The molecule has 2 aliphatic rings. The Morgan fingerprint density at radius 1 is 1.42 bits per heavy atom. The van der Waals surface area contributed by atoms with Gasteiger partial charge in [0.2, 0.25) is 0 Å². The van der Waals surface area contributed by atoms with Gasteiger partial charge in [0.05, 0.1) is 6.61 Å². The molecule has 19 heavy (non-hydrogen) atoms. The molecule has 1 spiro atoms. The molecular formula is C15H26N2O2. The van der Waals surface area contributed by atoms with Crippen LogP contribution in [-0.4, -0.2) is 50.2 Å². The predicted molar refractivity (Wildman–Crippen MR) is 76.0 cm³/mol. The van der Waals surface area contributed by atoms with Crippen LogP contribution in [0.5, 0.6) is 0 Å². The van der Waals surface area contributed by atoms with Crippen LogP contribution < -0.4 is 5.32 Å². The Bertz CT molecular complexity index is 317. The van der Waals surface area contributed by atoms with E-state index in [1.165, 1.54) is 32.2 Å². The number of hydrogen-bond donors (Lipinski definition) is 1. The van der Waals surface area contributed by atoms with Gasteiger partial charge in [0.1, 0.15) is 0 Å². The normalized spacial score (nSPS) is 28.9. The highest BCUT2D eigenvalue weighted by atomic mass is 16.5. The molecule has 2 aliphatic heterocycles. The lowest BCUT2D eigenvalue weighted by molar-refractivity contribution is -0.137. The number of carbonyl (C=O) groups excluding carboxylic acids is 1. The van der Waals surface area contributed by atoms with Crippen LogP contribution in [0.2, 0.25) is 0 Å². The van der Waals surface area contributed by atoms with Crippen LogP contribution >= 0.6 is 0 Å². The second-order valence-electron chi connectivity index (χ2n) is 5.77. The summed E-state index contributed by atoms with van der Waals surface area (Å²) in [5.74, 6) is -0.228. The molecule has 0 radical (unpaired) electrons. The third-order valence-electron chi connectivity index (χ3n) is 4.21. The molecular weight excluding hydrogens is 240 g/mol. The lowest BCUT2D eigenvalue weighted by Gasteiger charge is -2.45. The van der Waals surface area contributed by atoms with Gasteiger partial charge in [-0.3, -0.25) is 4.90 Å². The molecule has 4 nitrogen and oxygen atoms in total. The highest BCUT2D eigenvalue weighted by molar-refractivity contribution is 5.81. The first-order valence-corrected chi connectivity index (χ1v) is 7.50. The van der Waals surface area contributed by atoms with Crippen molar-refractivity contribution >= 4 is 5.97 Å². The van der Waals surface area contributed by atoms with Crippen molar-refractivity contribution in [3.05, 3.63) is 12.2 Å². The third-order valence-corrected chi connectivity index (χ3v) is 4.21. The summed E-state index contributed by atoms with van der Waals surface area (Å²) in [6, 6.07) is 0. The van der Waals surface area contributed by atoms with Crippen LogP contribution in [0.1, 0.15) is 32.6 Å². The van der Waals surface area contributed by atoms with Crippen LogP contribution in [0.3, 0.4) is 0 Å². The lowest BCUT2D eigenvalue weighted by atomic mass is 9.74. The number of nitrogens with one attached hydrogen (secondary N) is 1. The van der Waals surface area contributed by atoms with Crippen molar-refractivity contribution in [2.24, 2.45) is 5.41 Å². The van der Waals surface area contributed by atoms with Gasteiger partial charge < -0.3 is 10.1 Å². The largest absolute Gasteiger partial charge is 0.463 e. The van der Waals surface area contributed by atoms with E-state index in [-0.39, 0.29) is 5.97 Å². The van der Waals surface area contributed by atoms with E-state index < -0.39 is 0 Å². The van der Waals surface area contributed by atoms with Gasteiger partial charge in [-0.25, -0.2) is 4.79 Å². The van der Waals surface area contributed by atoms with Crippen molar-refractivity contribution in [3.63, 3.8) is 0 Å². The Labute approximate surface area is 116 Å². The maximum atomic E-state index is 11.2. The van der Waals surface area contributed by atoms with Crippen molar-refractivity contribution in [1.29, 1.82) is 0 Å². The maximum absolute atomic E-state index is 11.2. The first-order chi connectivity index (χ1) is 9.24. The van der Waals surface area contributed by atoms with E-state index in [1.54, 1.807) is 6.08 Å². The molecule has 108 valence electrons. The fourth-order valence-electron chi connectivity index (χ4n) is 3.33. The van der Waals surface area contributed by atoms with Crippen LogP contribution in [0.15, 0.2) is 12.2 Å². The summed E-state index contributed by atoms with van der Waals surface area (Å²) < 4.78 is 4.89. The van der Waals surface area contributed by atoms with Crippen LogP contribution in [-0.2, 0) is 9.53 Å². The zero-order valence-electron chi connectivity index (χ0n) is 12.0. The summed E-state index contributed by atoms with van der Waals surface area (Å²) in [6.07, 6.45) is 8.76. The monoisotopic (exact) mass is 266 g/mol. The Morgan fingerprint density at radius 2 is 2.26 bits per heavy atom. The van der Waals surface area contributed by atoms with Crippen molar-refractivity contribution in [2.75, 3.05) is 39.3 Å². The quantitative estimate of drug-likeness (QED) is 0.619. The average molecular weight is 266 g/mol. The number of ether oxygens (including phenoxy) is 1. The lowest BCUT2D eigenvalue weighted by Crippen LogP contribution is -2.51. The van der Waals surface area contributed by atoms with Gasteiger partial charge in [0.25, 0.3) is 0 Å². The molecule has 0 bridgehead atoms. The number of likely N-dealkylation sites (tertiary alicyclic amines) is 1. The zero-order chi connectivity index (χ0) is 13.6. The number of piperidine rings is 2. The van der Waals surface area contributed by atoms with Crippen LogP contribution in [0.25, 0.3) is 0 Å². The van der Waals surface area contributed by atoms with Crippen molar-refractivity contribution < 1.29 is 9.53 Å². The summed E-state index contributed by atoms with van der Waals surface area (Å²) in [5.41, 5.74) is 0.480. The molecule has 2 saturated heterocycles. The minimum absolute atomic E-state index is 0.228. The zero-order valence-corrected chi connectivity index (χ0v) is 12.0. The molecule has 0 aromatic rings. The van der Waals surface area contributed by atoms with Gasteiger partial charge >= 0.3 is 5.97 Å². The highest BCUT2D eigenvalue weighted by Gasteiger charge is 2.35. The molecule has 2 rings (SSSR count). The van der Waals surface area contributed by atoms with E-state index in [9.17, 15) is 4.79 Å². The smallest absolute Gasteiger partial charge is 0.330 e. The number of rotatable bonds is 4. The van der Waals surface area contributed by atoms with E-state index in [2.05, 4.69) is 10.2 Å². The number of nitrogens with zero attached hydrogens (tertiary/aromatic N) is 1. The van der Waals surface area contributed by atoms with E-state index >= 15 is 0 Å². The first-order valence-electron chi connectivity index (χ1n) is 7.50. The first kappa shape index (κ1) is 14.5. The standard InChI is InChI=1S/C15H26N2O2/c1-2-19-14(18)6-3-10-17-11-5-8-15(13-17)7-4-9-16-12-15/h3,6,16H,2,4-5,7-13H2,1H3/b6-3+. The molecule has 0 aromatic heterocycles. The van der Waals surface area contributed by atoms with Gasteiger partial charge in [-0.1, -0.05) is 6.08 Å². The SMILES string of the molecule is CCOC(=O)/C=C/CN1CCCC2(CCCNC2)C1. The van der Waals surface area contributed by atoms with Crippen LogP contribution in [0.4, 0.5) is 0 Å². The maximum Gasteiger partial charge on any atom is 0.330 e. The van der Waals surface area contributed by atoms with Gasteiger partial charge in [0.15, 0.2) is 0 Å². The van der Waals surface area contributed by atoms with Gasteiger partial charge in [0, 0.05) is 25.7 Å². The highest BCUT2D eigenvalue weighted by Crippen LogP contribution is 2.35. The molecule has 2 fully saturated rings. The summed E-state index contributed by atoms with van der Waals surface area (Å²) >= 11 is 0. The Balaban J connectivity index is 1.79. The van der Waals surface area contributed by atoms with Crippen LogP contribution in [0, 0.1) is 5.41 Å². The molecule has 2 heterocycles. The summed E-state index contributed by atoms with van der Waals surface area (Å²) in [5, 5.41) is 3.54. The van der Waals surface area contributed by atoms with Crippen molar-refractivity contribution in [2.45, 2.75) is 32.6 Å². The van der Waals surface area contributed by atoms with Crippen molar-refractivity contribution in [3.8, 4) is 0 Å². The molecule has 1 unspecified atom stereocenters. The van der Waals surface area contributed by atoms with Gasteiger partial charge in [-0.15, -0.1) is 0 Å². The molecule has 0 aliphatic carbocycles. The number of hydrogen-bond acceptors (Lipinski definition) is 4. The Morgan fingerprint density at radius 3 is 3.00 bits per heavy atom. The second kappa shape index (κ2) is 7.06. The topological polar surface area (TPSA) is 41.6 Å². The van der Waals surface area contributed by atoms with Gasteiger partial charge in [-0.2, -0.15) is 0 Å². The minimum atomic E-state index is -0.228. The van der Waals surface area contributed by atoms with E-state index in [0.717, 1.165) is 26.2 Å². The molecule has 0 aromatic carbocycles. The molecule has 0 amide bonds. The third kappa shape index (κ3) is 4.32. The number of carbonyl (C=O) groups is 1. The Hall–Kier alpha value is -0.870. The number of esters is 1. The fraction of sp³-hybridized carbons (Fsp3) is 0.800. The van der Waals surface area contributed by atoms with Gasteiger partial charge in [-0.05, 0) is 51.1 Å². The average Bonchev–Trinajstić information content (AvgIpc) is 2.40. The van der Waals surface area contributed by atoms with E-state index in [4.69, 9.17) is 4.74 Å². The molecule has 4 heteroatoms. The minimum Gasteiger partial charge on any atom is -0.463 e. The fourth-order valence-corrected chi connectivity index (χ4v) is 3.33. The summed E-state index contributed by atoms with van der Waals surface area (Å²) in [7, 11) is 0. The molecule has 1 N–H and O–H groups in total. The molecule has 1 atom stereocenters. The Kier molecular flexibility index (Phi) is 5.40. The second-order valence-corrected chi connectivity index (χ2v) is 5.77. The van der Waals surface area contributed by atoms with Crippen molar-refractivity contribution in [1.82, 2.24) is 10.2 Å². The molecule has 0 saturated carbocycles. The van der Waals surface area contributed by atoms with E-state index in [1.807, 2.05) is 13.0 Å². The van der Waals surface area contributed by atoms with E-state index in [0.29, 0.717) is 12.0 Å². The summed E-state index contributed by atoms with van der Waals surface area (Å²) in [6.45, 7) is 7.77. The predicted octanol–water partition coefficient (Wildman–Crippen LogP) is 1.57.